The summed E-state index contributed by atoms with van der Waals surface area (Å²) in [4.78, 5) is 0. The minimum absolute atomic E-state index is 0.390. The summed E-state index contributed by atoms with van der Waals surface area (Å²) >= 11 is 0. The van der Waals surface area contributed by atoms with E-state index in [1.54, 1.807) is 0 Å². The quantitative estimate of drug-likeness (QED) is 0.323. The van der Waals surface area contributed by atoms with Crippen molar-refractivity contribution in [2.75, 3.05) is 6.54 Å². The Hall–Kier alpha value is -0.0000000000000000208. The molecule has 0 rings (SSSR count). The van der Waals surface area contributed by atoms with Crippen molar-refractivity contribution in [1.82, 2.24) is 5.09 Å². The minimum atomic E-state index is -0.390. The highest BCUT2D eigenvalue weighted by atomic mass is 31.1. The molecule has 0 bridgehead atoms. The van der Waals surface area contributed by atoms with Crippen LogP contribution in [0, 0.1) is 0 Å². The van der Waals surface area contributed by atoms with Gasteiger partial charge in [0.15, 0.2) is 0 Å². The van der Waals surface area contributed by atoms with Gasteiger partial charge in [0.05, 0.1) is 0 Å². The Morgan fingerprint density at radius 3 is 1.44 bits per heavy atom. The molecule has 1 N–H and O–H groups in total. The number of unbranched alkanes of at least 4 members (excludes halogenated alkanes) is 11. The standard InChI is InChI=1S/C16H34NP/c1-4-5-6-7-8-9-10-11-12-13-14-15-16-17-18(2)3/h17H,2-16H2,1H3. The lowest BCUT2D eigenvalue weighted by molar-refractivity contribution is 0.544. The van der Waals surface area contributed by atoms with Gasteiger partial charge in [-0.25, -0.2) is 0 Å². The molecule has 0 aromatic heterocycles. The summed E-state index contributed by atoms with van der Waals surface area (Å²) in [5.41, 5.74) is 0. The molecule has 18 heavy (non-hydrogen) atoms. The van der Waals surface area contributed by atoms with E-state index in [4.69, 9.17) is 0 Å². The molecule has 0 heterocycles. The monoisotopic (exact) mass is 271 g/mol. The van der Waals surface area contributed by atoms with Gasteiger partial charge in [-0.2, -0.15) is 0 Å². The first-order valence-electron chi connectivity index (χ1n) is 7.92. The second-order valence-corrected chi connectivity index (χ2v) is 6.73. The largest absolute Gasteiger partial charge is 0.276 e. The minimum Gasteiger partial charge on any atom is -0.276 e. The third-order valence-corrected chi connectivity index (χ3v) is 4.04. The molecule has 0 saturated carbocycles. The molecule has 0 aromatic rings. The zero-order valence-electron chi connectivity index (χ0n) is 12.6. The molecule has 0 aromatic carbocycles. The van der Waals surface area contributed by atoms with Crippen LogP contribution in [0.3, 0.4) is 0 Å². The van der Waals surface area contributed by atoms with Crippen LogP contribution in [0.5, 0.6) is 0 Å². The van der Waals surface area contributed by atoms with Gasteiger partial charge in [-0.05, 0) is 6.42 Å². The maximum atomic E-state index is 3.88. The van der Waals surface area contributed by atoms with Crippen LogP contribution in [0.15, 0.2) is 0 Å². The van der Waals surface area contributed by atoms with E-state index in [0.29, 0.717) is 0 Å². The third-order valence-electron chi connectivity index (χ3n) is 3.37. The smallest absolute Gasteiger partial charge is 0.00322 e. The summed E-state index contributed by atoms with van der Waals surface area (Å²) < 4.78 is 0. The van der Waals surface area contributed by atoms with Crippen molar-refractivity contribution in [3.63, 3.8) is 0 Å². The Kier molecular flexibility index (Phi) is 15.1. The zero-order valence-corrected chi connectivity index (χ0v) is 13.4. The van der Waals surface area contributed by atoms with Crippen molar-refractivity contribution in [1.29, 1.82) is 0 Å². The number of hydrogen-bond acceptors (Lipinski definition) is 1. The van der Waals surface area contributed by atoms with Gasteiger partial charge in [0.1, 0.15) is 0 Å². The van der Waals surface area contributed by atoms with Crippen LogP contribution < -0.4 is 5.09 Å². The van der Waals surface area contributed by atoms with Gasteiger partial charge in [0, 0.05) is 6.54 Å². The summed E-state index contributed by atoms with van der Waals surface area (Å²) in [5, 5.41) is 3.32. The predicted molar refractivity (Wildman–Crippen MR) is 90.2 cm³/mol. The van der Waals surface area contributed by atoms with E-state index >= 15 is 0 Å². The van der Waals surface area contributed by atoms with Crippen LogP contribution in [-0.4, -0.2) is 19.1 Å². The van der Waals surface area contributed by atoms with Crippen molar-refractivity contribution in [2.45, 2.75) is 84.0 Å². The SMILES string of the molecule is C=P(=C)NCCCCCCCCCCCCCC. The lowest BCUT2D eigenvalue weighted by Gasteiger charge is -2.03. The predicted octanol–water partition coefficient (Wildman–Crippen LogP) is 5.54. The summed E-state index contributed by atoms with van der Waals surface area (Å²) in [7, 11) is -0.390. The topological polar surface area (TPSA) is 12.0 Å². The molecule has 0 saturated heterocycles. The van der Waals surface area contributed by atoms with Crippen LogP contribution in [-0.2, 0) is 0 Å². The third kappa shape index (κ3) is 16.0. The van der Waals surface area contributed by atoms with E-state index in [1.807, 2.05) is 0 Å². The number of hydrogen-bond donors (Lipinski definition) is 1. The fourth-order valence-corrected chi connectivity index (χ4v) is 2.68. The molecule has 0 spiro atoms. The molecule has 0 unspecified atom stereocenters. The summed E-state index contributed by atoms with van der Waals surface area (Å²) in [5.74, 6) is 0. The maximum Gasteiger partial charge on any atom is 0.00322 e. The zero-order chi connectivity index (χ0) is 13.5. The molecule has 108 valence electrons. The van der Waals surface area contributed by atoms with Crippen LogP contribution in [0.25, 0.3) is 0 Å². The number of rotatable bonds is 14. The van der Waals surface area contributed by atoms with Gasteiger partial charge in [-0.3, -0.25) is 5.09 Å². The van der Waals surface area contributed by atoms with E-state index in [1.165, 1.54) is 77.0 Å². The van der Waals surface area contributed by atoms with Crippen molar-refractivity contribution in [2.24, 2.45) is 0 Å². The Bertz CT molecular complexity index is 213. The summed E-state index contributed by atoms with van der Waals surface area (Å²) in [6.07, 6.45) is 24.8. The Labute approximate surface area is 116 Å². The molecule has 0 aliphatic carbocycles. The normalized spacial score (nSPS) is 10.7. The second-order valence-electron chi connectivity index (χ2n) is 5.34. The number of nitrogens with one attached hydrogen (secondary N) is 1. The van der Waals surface area contributed by atoms with Gasteiger partial charge < -0.3 is 0 Å². The van der Waals surface area contributed by atoms with Gasteiger partial charge in [-0.15, -0.1) is 0 Å². The Morgan fingerprint density at radius 1 is 0.667 bits per heavy atom. The van der Waals surface area contributed by atoms with E-state index in [-0.39, 0.29) is 7.32 Å². The van der Waals surface area contributed by atoms with E-state index < -0.39 is 0 Å². The fourth-order valence-electron chi connectivity index (χ4n) is 2.20. The van der Waals surface area contributed by atoms with Crippen molar-refractivity contribution >= 4 is 19.9 Å². The van der Waals surface area contributed by atoms with Crippen molar-refractivity contribution < 1.29 is 0 Å². The molecular weight excluding hydrogens is 237 g/mol. The van der Waals surface area contributed by atoms with Crippen molar-refractivity contribution in [3.05, 3.63) is 0 Å². The Balaban J connectivity index is 2.94. The van der Waals surface area contributed by atoms with E-state index in [9.17, 15) is 0 Å². The second kappa shape index (κ2) is 15.1. The van der Waals surface area contributed by atoms with Gasteiger partial charge in [0.25, 0.3) is 0 Å². The average Bonchev–Trinajstić information content (AvgIpc) is 2.34. The van der Waals surface area contributed by atoms with Crippen LogP contribution in [0.1, 0.15) is 84.0 Å². The van der Waals surface area contributed by atoms with Crippen molar-refractivity contribution in [3.8, 4) is 0 Å². The fraction of sp³-hybridized carbons (Fsp3) is 0.875. The molecule has 0 fully saturated rings. The first-order chi connectivity index (χ1) is 8.77. The maximum absolute atomic E-state index is 3.88. The summed E-state index contributed by atoms with van der Waals surface area (Å²) in [6.45, 7) is 3.39. The first kappa shape index (κ1) is 18.0. The molecule has 0 aliphatic heterocycles. The molecule has 1 nitrogen and oxygen atoms in total. The molecule has 0 radical (unpaired) electrons. The molecule has 0 atom stereocenters. The average molecular weight is 271 g/mol. The molecule has 0 amide bonds. The van der Waals surface area contributed by atoms with Gasteiger partial charge in [-0.1, -0.05) is 97.5 Å². The highest BCUT2D eigenvalue weighted by Crippen LogP contribution is 2.11. The van der Waals surface area contributed by atoms with E-state index in [0.717, 1.165) is 6.54 Å². The lowest BCUT2D eigenvalue weighted by atomic mass is 10.1. The van der Waals surface area contributed by atoms with Gasteiger partial charge in [0.2, 0.25) is 0 Å². The van der Waals surface area contributed by atoms with Crippen LogP contribution in [0.4, 0.5) is 0 Å². The molecule has 2 heteroatoms. The molecule has 0 aliphatic rings. The van der Waals surface area contributed by atoms with Crippen LogP contribution >= 0.6 is 7.32 Å². The van der Waals surface area contributed by atoms with Crippen LogP contribution in [0.2, 0.25) is 0 Å². The highest BCUT2D eigenvalue weighted by Gasteiger charge is 1.93. The lowest BCUT2D eigenvalue weighted by Crippen LogP contribution is -2.02. The highest BCUT2D eigenvalue weighted by molar-refractivity contribution is 7.51. The van der Waals surface area contributed by atoms with Gasteiger partial charge >= 0.3 is 0 Å². The summed E-state index contributed by atoms with van der Waals surface area (Å²) in [6, 6.07) is 0. The van der Waals surface area contributed by atoms with E-state index in [2.05, 4.69) is 24.6 Å². The Morgan fingerprint density at radius 2 is 1.06 bits per heavy atom. The molecular formula is C16H34NP. The first-order valence-corrected chi connectivity index (χ1v) is 9.63.